The van der Waals surface area contributed by atoms with Crippen molar-refractivity contribution in [1.82, 2.24) is 4.72 Å². The van der Waals surface area contributed by atoms with Gasteiger partial charge >= 0.3 is 0 Å². The van der Waals surface area contributed by atoms with Crippen molar-refractivity contribution in [2.45, 2.75) is 17.4 Å². The number of nitrogens with one attached hydrogen (secondary N) is 1. The molecule has 1 atom stereocenters. The zero-order valence-corrected chi connectivity index (χ0v) is 15.3. The molecule has 26 heavy (non-hydrogen) atoms. The number of sulfonamides is 1. The van der Waals surface area contributed by atoms with Crippen molar-refractivity contribution in [1.29, 1.82) is 0 Å². The lowest BCUT2D eigenvalue weighted by Gasteiger charge is -2.17. The SMILES string of the molecule is COc1ccc(S(=O)(=O)N[C@@H]2CC(=O)N(c3ccccc3)C2)cc1OC. The van der Waals surface area contributed by atoms with Gasteiger partial charge in [0.15, 0.2) is 11.5 Å². The maximum Gasteiger partial charge on any atom is 0.241 e. The summed E-state index contributed by atoms with van der Waals surface area (Å²) in [6, 6.07) is 13.0. The Balaban J connectivity index is 1.77. The largest absolute Gasteiger partial charge is 0.493 e. The molecule has 0 radical (unpaired) electrons. The molecule has 0 aromatic heterocycles. The Labute approximate surface area is 152 Å². The van der Waals surface area contributed by atoms with Crippen LogP contribution in [0.15, 0.2) is 53.4 Å². The second-order valence-electron chi connectivity index (χ2n) is 5.88. The van der Waals surface area contributed by atoms with Gasteiger partial charge in [-0.2, -0.15) is 0 Å². The van der Waals surface area contributed by atoms with Crippen LogP contribution in [0.4, 0.5) is 5.69 Å². The first-order valence-electron chi connectivity index (χ1n) is 8.04. The van der Waals surface area contributed by atoms with Gasteiger partial charge in [-0.1, -0.05) is 18.2 Å². The summed E-state index contributed by atoms with van der Waals surface area (Å²) < 4.78 is 38.2. The minimum atomic E-state index is -3.79. The summed E-state index contributed by atoms with van der Waals surface area (Å²) in [6.07, 6.45) is 0.113. The quantitative estimate of drug-likeness (QED) is 0.831. The summed E-state index contributed by atoms with van der Waals surface area (Å²) in [4.78, 5) is 13.9. The Morgan fingerprint density at radius 3 is 2.38 bits per heavy atom. The number of amides is 1. The normalized spacial score (nSPS) is 17.4. The van der Waals surface area contributed by atoms with Crippen LogP contribution in [0.3, 0.4) is 0 Å². The fourth-order valence-electron chi connectivity index (χ4n) is 2.92. The van der Waals surface area contributed by atoms with Gasteiger partial charge in [0.2, 0.25) is 15.9 Å². The first-order chi connectivity index (χ1) is 12.4. The van der Waals surface area contributed by atoms with Gasteiger partial charge in [0.25, 0.3) is 0 Å². The number of nitrogens with zero attached hydrogens (tertiary/aromatic N) is 1. The number of ether oxygens (including phenoxy) is 2. The Hall–Kier alpha value is -2.58. The van der Waals surface area contributed by atoms with Crippen molar-refractivity contribution in [3.05, 3.63) is 48.5 Å². The molecule has 1 heterocycles. The summed E-state index contributed by atoms with van der Waals surface area (Å²) in [5, 5.41) is 0. The lowest BCUT2D eigenvalue weighted by molar-refractivity contribution is -0.117. The van der Waals surface area contributed by atoms with Crippen molar-refractivity contribution in [2.24, 2.45) is 0 Å². The molecule has 2 aromatic carbocycles. The van der Waals surface area contributed by atoms with Crippen LogP contribution < -0.4 is 19.1 Å². The van der Waals surface area contributed by atoms with Crippen LogP contribution in [0.5, 0.6) is 11.5 Å². The molecule has 8 heteroatoms. The van der Waals surface area contributed by atoms with Gasteiger partial charge in [-0.3, -0.25) is 4.79 Å². The average Bonchev–Trinajstić information content (AvgIpc) is 3.01. The molecule has 1 aliphatic rings. The highest BCUT2D eigenvalue weighted by atomic mass is 32.2. The van der Waals surface area contributed by atoms with E-state index in [4.69, 9.17) is 9.47 Å². The fraction of sp³-hybridized carbons (Fsp3) is 0.278. The fourth-order valence-corrected chi connectivity index (χ4v) is 4.16. The van der Waals surface area contributed by atoms with Crippen LogP contribution in [0, 0.1) is 0 Å². The zero-order chi connectivity index (χ0) is 18.7. The number of methoxy groups -OCH3 is 2. The van der Waals surface area contributed by atoms with E-state index >= 15 is 0 Å². The van der Waals surface area contributed by atoms with Gasteiger partial charge in [0.05, 0.1) is 19.1 Å². The topological polar surface area (TPSA) is 84.9 Å². The molecule has 1 fully saturated rings. The molecule has 0 spiro atoms. The molecule has 3 rings (SSSR count). The zero-order valence-electron chi connectivity index (χ0n) is 14.5. The van der Waals surface area contributed by atoms with Gasteiger partial charge in [0.1, 0.15) is 0 Å². The lowest BCUT2D eigenvalue weighted by Crippen LogP contribution is -2.37. The Bertz CT molecular complexity index is 899. The van der Waals surface area contributed by atoms with Crippen LogP contribution >= 0.6 is 0 Å². The molecule has 0 saturated carbocycles. The lowest BCUT2D eigenvalue weighted by atomic mass is 10.3. The Morgan fingerprint density at radius 2 is 1.73 bits per heavy atom. The third-order valence-corrected chi connectivity index (χ3v) is 5.70. The number of benzene rings is 2. The Morgan fingerprint density at radius 1 is 1.04 bits per heavy atom. The molecule has 2 aromatic rings. The van der Waals surface area contributed by atoms with Crippen molar-refractivity contribution in [3.8, 4) is 11.5 Å². The molecule has 1 N–H and O–H groups in total. The van der Waals surface area contributed by atoms with Crippen LogP contribution in [0.2, 0.25) is 0 Å². The van der Waals surface area contributed by atoms with E-state index in [0.29, 0.717) is 11.5 Å². The highest BCUT2D eigenvalue weighted by Crippen LogP contribution is 2.30. The molecule has 7 nitrogen and oxygen atoms in total. The van der Waals surface area contributed by atoms with Crippen molar-refractivity contribution in [2.75, 3.05) is 25.7 Å². The highest BCUT2D eigenvalue weighted by Gasteiger charge is 2.33. The van der Waals surface area contributed by atoms with E-state index in [0.717, 1.165) is 5.69 Å². The van der Waals surface area contributed by atoms with E-state index in [1.54, 1.807) is 4.90 Å². The second kappa shape index (κ2) is 7.35. The van der Waals surface area contributed by atoms with Gasteiger partial charge in [-0.25, -0.2) is 13.1 Å². The summed E-state index contributed by atoms with van der Waals surface area (Å²) in [6.45, 7) is 0.287. The number of hydrogen-bond donors (Lipinski definition) is 1. The van der Waals surface area contributed by atoms with Gasteiger partial charge in [0, 0.05) is 30.8 Å². The van der Waals surface area contributed by atoms with E-state index in [-0.39, 0.29) is 23.8 Å². The molecular formula is C18H20N2O5S. The third kappa shape index (κ3) is 3.66. The number of carbonyl (C=O) groups is 1. The molecule has 0 unspecified atom stereocenters. The monoisotopic (exact) mass is 376 g/mol. The molecule has 1 saturated heterocycles. The maximum atomic E-state index is 12.7. The molecule has 1 aliphatic heterocycles. The summed E-state index contributed by atoms with van der Waals surface area (Å²) >= 11 is 0. The van der Waals surface area contributed by atoms with E-state index in [1.165, 1.54) is 32.4 Å². The van der Waals surface area contributed by atoms with Gasteiger partial charge in [-0.05, 0) is 24.3 Å². The number of para-hydroxylation sites is 1. The average molecular weight is 376 g/mol. The van der Waals surface area contributed by atoms with Crippen LogP contribution in [0.1, 0.15) is 6.42 Å². The first kappa shape index (κ1) is 18.2. The van der Waals surface area contributed by atoms with Crippen LogP contribution in [-0.4, -0.2) is 41.1 Å². The molecule has 1 amide bonds. The van der Waals surface area contributed by atoms with Gasteiger partial charge < -0.3 is 14.4 Å². The van der Waals surface area contributed by atoms with Crippen LogP contribution in [0.25, 0.3) is 0 Å². The van der Waals surface area contributed by atoms with E-state index in [1.807, 2.05) is 30.3 Å². The van der Waals surface area contributed by atoms with Crippen LogP contribution in [-0.2, 0) is 14.8 Å². The number of rotatable bonds is 6. The molecular weight excluding hydrogens is 356 g/mol. The predicted molar refractivity (Wildman–Crippen MR) is 97.1 cm³/mol. The van der Waals surface area contributed by atoms with E-state index < -0.39 is 16.1 Å². The van der Waals surface area contributed by atoms with E-state index in [2.05, 4.69) is 4.72 Å². The first-order valence-corrected chi connectivity index (χ1v) is 9.52. The number of hydrogen-bond acceptors (Lipinski definition) is 5. The second-order valence-corrected chi connectivity index (χ2v) is 7.59. The number of carbonyl (C=O) groups excluding carboxylic acids is 1. The summed E-state index contributed by atoms with van der Waals surface area (Å²) in [7, 11) is -0.876. The molecule has 0 bridgehead atoms. The summed E-state index contributed by atoms with van der Waals surface area (Å²) in [5.41, 5.74) is 0.755. The standard InChI is InChI=1S/C18H20N2O5S/c1-24-16-9-8-15(11-17(16)25-2)26(22,23)19-13-10-18(21)20(12-13)14-6-4-3-5-7-14/h3-9,11,13,19H,10,12H2,1-2H3/t13-/m1/s1. The predicted octanol–water partition coefficient (Wildman–Crippen LogP) is 1.79. The number of anilines is 1. The van der Waals surface area contributed by atoms with E-state index in [9.17, 15) is 13.2 Å². The summed E-state index contributed by atoms with van der Waals surface area (Å²) in [5.74, 6) is 0.651. The molecule has 138 valence electrons. The molecule has 0 aliphatic carbocycles. The third-order valence-electron chi connectivity index (χ3n) is 4.18. The minimum Gasteiger partial charge on any atom is -0.493 e. The Kier molecular flexibility index (Phi) is 5.15. The van der Waals surface area contributed by atoms with Crippen molar-refractivity contribution >= 4 is 21.6 Å². The maximum absolute atomic E-state index is 12.7. The van der Waals surface area contributed by atoms with Crippen molar-refractivity contribution in [3.63, 3.8) is 0 Å². The minimum absolute atomic E-state index is 0.0563. The van der Waals surface area contributed by atoms with Gasteiger partial charge in [-0.15, -0.1) is 0 Å². The highest BCUT2D eigenvalue weighted by molar-refractivity contribution is 7.89. The smallest absolute Gasteiger partial charge is 0.241 e. The van der Waals surface area contributed by atoms with Crippen molar-refractivity contribution < 1.29 is 22.7 Å².